The van der Waals surface area contributed by atoms with Crippen LogP contribution in [0.15, 0.2) is 12.4 Å². The lowest BCUT2D eigenvalue weighted by Gasteiger charge is -2.33. The van der Waals surface area contributed by atoms with E-state index in [0.29, 0.717) is 13.1 Å². The van der Waals surface area contributed by atoms with Crippen molar-refractivity contribution in [1.29, 1.82) is 0 Å². The summed E-state index contributed by atoms with van der Waals surface area (Å²) in [7, 11) is -3.26. The number of hydrogen-bond donors (Lipinski definition) is 0. The molecule has 0 unspecified atom stereocenters. The van der Waals surface area contributed by atoms with Crippen molar-refractivity contribution in [3.63, 3.8) is 0 Å². The molecule has 1 aromatic heterocycles. The van der Waals surface area contributed by atoms with E-state index in [-0.39, 0.29) is 23.5 Å². The molecule has 1 aromatic rings. The van der Waals surface area contributed by atoms with Gasteiger partial charge in [0.15, 0.2) is 9.84 Å². The molecule has 6 nitrogen and oxygen atoms in total. The maximum atomic E-state index is 12.1. The van der Waals surface area contributed by atoms with E-state index in [0.717, 1.165) is 18.7 Å². The predicted molar refractivity (Wildman–Crippen MR) is 76.1 cm³/mol. The molecular formula is C13H21N3O3S. The number of nitrogens with zero attached hydrogens (tertiary/aromatic N) is 3. The number of likely N-dealkylation sites (tertiary alicyclic amines) is 1. The van der Waals surface area contributed by atoms with Crippen molar-refractivity contribution in [2.24, 2.45) is 0 Å². The third-order valence-electron chi connectivity index (χ3n) is 3.79. The topological polar surface area (TPSA) is 72.3 Å². The summed E-state index contributed by atoms with van der Waals surface area (Å²) in [5.74, 6) is 0.273. The van der Waals surface area contributed by atoms with Crippen LogP contribution in [-0.4, -0.2) is 53.4 Å². The van der Waals surface area contributed by atoms with E-state index in [4.69, 9.17) is 0 Å². The maximum Gasteiger partial charge on any atom is 0.237 e. The van der Waals surface area contributed by atoms with Crippen molar-refractivity contribution in [1.82, 2.24) is 14.5 Å². The van der Waals surface area contributed by atoms with Gasteiger partial charge in [-0.15, -0.1) is 0 Å². The van der Waals surface area contributed by atoms with Gasteiger partial charge in [0.25, 0.3) is 0 Å². The fraction of sp³-hybridized carbons (Fsp3) is 0.692. The van der Waals surface area contributed by atoms with Crippen LogP contribution < -0.4 is 0 Å². The Morgan fingerprint density at radius 1 is 1.50 bits per heavy atom. The quantitative estimate of drug-likeness (QED) is 0.824. The second-order valence-corrected chi connectivity index (χ2v) is 7.55. The summed E-state index contributed by atoms with van der Waals surface area (Å²) in [5, 5.41) is 0. The van der Waals surface area contributed by atoms with Crippen molar-refractivity contribution >= 4 is 15.7 Å². The summed E-state index contributed by atoms with van der Waals surface area (Å²) in [6.07, 6.45) is 5.54. The van der Waals surface area contributed by atoms with Crippen LogP contribution in [0.4, 0.5) is 0 Å². The first kappa shape index (κ1) is 15.0. The molecule has 2 heterocycles. The Labute approximate surface area is 119 Å². The highest BCUT2D eigenvalue weighted by Gasteiger charge is 2.27. The standard InChI is InChI=1S/C13H21N3O3S/c1-3-20(18,19)10-13(17)15-7-4-5-12(9-15)16-8-6-14-11(16)2/h6,8,12H,3-5,7,9-10H2,1-2H3/t12-/m1/s1. The Balaban J connectivity index is 2.04. The number of sulfone groups is 1. The fourth-order valence-electron chi connectivity index (χ4n) is 2.56. The van der Waals surface area contributed by atoms with E-state index < -0.39 is 9.84 Å². The van der Waals surface area contributed by atoms with Gasteiger partial charge in [0.05, 0.1) is 6.04 Å². The number of hydrogen-bond acceptors (Lipinski definition) is 4. The molecule has 0 N–H and O–H groups in total. The predicted octanol–water partition coefficient (Wildman–Crippen LogP) is 0.790. The number of carbonyl (C=O) groups excluding carboxylic acids is 1. The molecule has 1 atom stereocenters. The summed E-state index contributed by atoms with van der Waals surface area (Å²) >= 11 is 0. The zero-order valence-electron chi connectivity index (χ0n) is 11.9. The summed E-state index contributed by atoms with van der Waals surface area (Å²) in [6, 6.07) is 0.194. The molecule has 1 aliphatic rings. The van der Waals surface area contributed by atoms with Crippen LogP contribution in [0.3, 0.4) is 0 Å². The fourth-order valence-corrected chi connectivity index (χ4v) is 3.33. The highest BCUT2D eigenvalue weighted by atomic mass is 32.2. The van der Waals surface area contributed by atoms with Gasteiger partial charge in [-0.05, 0) is 19.8 Å². The number of imidazole rings is 1. The Kier molecular flexibility index (Phi) is 4.47. The number of amides is 1. The summed E-state index contributed by atoms with van der Waals surface area (Å²) in [5.41, 5.74) is 0. The largest absolute Gasteiger partial charge is 0.340 e. The van der Waals surface area contributed by atoms with Crippen molar-refractivity contribution < 1.29 is 13.2 Å². The second-order valence-electron chi connectivity index (χ2n) is 5.19. The van der Waals surface area contributed by atoms with Gasteiger partial charge in [0.2, 0.25) is 5.91 Å². The first-order chi connectivity index (χ1) is 9.43. The van der Waals surface area contributed by atoms with E-state index in [1.54, 1.807) is 18.0 Å². The molecule has 112 valence electrons. The highest BCUT2D eigenvalue weighted by molar-refractivity contribution is 7.92. The second kappa shape index (κ2) is 5.95. The Morgan fingerprint density at radius 2 is 2.25 bits per heavy atom. The van der Waals surface area contributed by atoms with Crippen LogP contribution in [0.5, 0.6) is 0 Å². The third kappa shape index (κ3) is 3.39. The first-order valence-electron chi connectivity index (χ1n) is 6.90. The average molecular weight is 299 g/mol. The molecule has 7 heteroatoms. The number of aromatic nitrogens is 2. The van der Waals surface area contributed by atoms with E-state index in [1.165, 1.54) is 0 Å². The van der Waals surface area contributed by atoms with Crippen molar-refractivity contribution in [2.75, 3.05) is 24.6 Å². The van der Waals surface area contributed by atoms with Crippen molar-refractivity contribution in [2.45, 2.75) is 32.7 Å². The van der Waals surface area contributed by atoms with Gasteiger partial charge in [-0.2, -0.15) is 0 Å². The minimum Gasteiger partial charge on any atom is -0.340 e. The van der Waals surface area contributed by atoms with E-state index in [1.807, 2.05) is 13.1 Å². The molecule has 0 spiro atoms. The van der Waals surface area contributed by atoms with Crippen molar-refractivity contribution in [3.05, 3.63) is 18.2 Å². The maximum absolute atomic E-state index is 12.1. The molecule has 0 bridgehead atoms. The summed E-state index contributed by atoms with van der Waals surface area (Å²) < 4.78 is 25.2. The van der Waals surface area contributed by atoms with Gasteiger partial charge < -0.3 is 9.47 Å². The molecule has 2 rings (SSSR count). The van der Waals surface area contributed by atoms with E-state index in [9.17, 15) is 13.2 Å². The first-order valence-corrected chi connectivity index (χ1v) is 8.72. The summed E-state index contributed by atoms with van der Waals surface area (Å²) in [4.78, 5) is 18.0. The van der Waals surface area contributed by atoms with Crippen LogP contribution in [-0.2, 0) is 14.6 Å². The van der Waals surface area contributed by atoms with Crippen LogP contribution >= 0.6 is 0 Å². The molecule has 1 saturated heterocycles. The summed E-state index contributed by atoms with van der Waals surface area (Å²) in [6.45, 7) is 4.70. The van der Waals surface area contributed by atoms with E-state index in [2.05, 4.69) is 9.55 Å². The molecular weight excluding hydrogens is 278 g/mol. The molecule has 1 amide bonds. The minimum absolute atomic E-state index is 0.0106. The molecule has 0 saturated carbocycles. The monoisotopic (exact) mass is 299 g/mol. The lowest BCUT2D eigenvalue weighted by atomic mass is 10.1. The van der Waals surface area contributed by atoms with Crippen LogP contribution in [0, 0.1) is 6.92 Å². The Hall–Kier alpha value is -1.37. The Bertz CT molecular complexity index is 579. The van der Waals surface area contributed by atoms with Crippen LogP contribution in [0.1, 0.15) is 31.6 Å². The van der Waals surface area contributed by atoms with Crippen LogP contribution in [0.2, 0.25) is 0 Å². The van der Waals surface area contributed by atoms with Gasteiger partial charge in [-0.1, -0.05) is 6.92 Å². The van der Waals surface area contributed by atoms with Gasteiger partial charge in [-0.25, -0.2) is 13.4 Å². The molecule has 20 heavy (non-hydrogen) atoms. The number of aryl methyl sites for hydroxylation is 1. The van der Waals surface area contributed by atoms with Gasteiger partial charge >= 0.3 is 0 Å². The molecule has 0 aliphatic carbocycles. The number of carbonyl (C=O) groups is 1. The zero-order valence-corrected chi connectivity index (χ0v) is 12.8. The average Bonchev–Trinajstić information content (AvgIpc) is 2.85. The van der Waals surface area contributed by atoms with Crippen LogP contribution in [0.25, 0.3) is 0 Å². The lowest BCUT2D eigenvalue weighted by Crippen LogP contribution is -2.43. The molecule has 0 aromatic carbocycles. The third-order valence-corrected chi connectivity index (χ3v) is 5.35. The normalized spacial score (nSPS) is 20.1. The SMILES string of the molecule is CCS(=O)(=O)CC(=O)N1CCC[C@@H](n2ccnc2C)C1. The van der Waals surface area contributed by atoms with Gasteiger partial charge in [0.1, 0.15) is 11.6 Å². The lowest BCUT2D eigenvalue weighted by molar-refractivity contribution is -0.130. The smallest absolute Gasteiger partial charge is 0.237 e. The number of rotatable bonds is 4. The minimum atomic E-state index is -3.26. The zero-order chi connectivity index (χ0) is 14.8. The molecule has 0 radical (unpaired) electrons. The van der Waals surface area contributed by atoms with Gasteiger partial charge in [0, 0.05) is 31.2 Å². The Morgan fingerprint density at radius 3 is 2.85 bits per heavy atom. The molecule has 1 aliphatic heterocycles. The molecule has 1 fully saturated rings. The highest BCUT2D eigenvalue weighted by Crippen LogP contribution is 2.22. The van der Waals surface area contributed by atoms with Gasteiger partial charge in [-0.3, -0.25) is 4.79 Å². The van der Waals surface area contributed by atoms with E-state index >= 15 is 0 Å². The van der Waals surface area contributed by atoms with Crippen molar-refractivity contribution in [3.8, 4) is 0 Å². The number of piperidine rings is 1.